The predicted molar refractivity (Wildman–Crippen MR) is 87.5 cm³/mol. The largest absolute Gasteiger partial charge is 0.330 e. The van der Waals surface area contributed by atoms with Crippen LogP contribution in [-0.4, -0.2) is 37.6 Å². The van der Waals surface area contributed by atoms with Crippen molar-refractivity contribution in [1.82, 2.24) is 4.31 Å². The summed E-state index contributed by atoms with van der Waals surface area (Å²) in [5, 5.41) is 0. The Labute approximate surface area is 130 Å². The van der Waals surface area contributed by atoms with E-state index in [2.05, 4.69) is 0 Å². The Kier molecular flexibility index (Phi) is 6.51. The number of sulfonamides is 1. The zero-order valence-electron chi connectivity index (χ0n) is 13.5. The summed E-state index contributed by atoms with van der Waals surface area (Å²) in [7, 11) is -3.14. The molecular formula is C16H32N2O2S. The number of nitrogens with zero attached hydrogens (tertiary/aromatic N) is 1. The Hall–Kier alpha value is -0.130. The van der Waals surface area contributed by atoms with Gasteiger partial charge in [-0.2, -0.15) is 4.31 Å². The SMILES string of the molecule is CCN(C1CCCCC1CN)S(=O)(=O)CC1CCCCC1. The van der Waals surface area contributed by atoms with Gasteiger partial charge in [0.05, 0.1) is 5.75 Å². The van der Waals surface area contributed by atoms with E-state index in [1.165, 1.54) is 25.7 Å². The van der Waals surface area contributed by atoms with Crippen LogP contribution >= 0.6 is 0 Å². The molecule has 0 spiro atoms. The van der Waals surface area contributed by atoms with Crippen LogP contribution < -0.4 is 5.73 Å². The van der Waals surface area contributed by atoms with E-state index < -0.39 is 10.0 Å². The Bertz CT molecular complexity index is 405. The fourth-order valence-corrected chi connectivity index (χ4v) is 6.43. The van der Waals surface area contributed by atoms with Crippen LogP contribution in [0.3, 0.4) is 0 Å². The van der Waals surface area contributed by atoms with Crippen molar-refractivity contribution < 1.29 is 8.42 Å². The van der Waals surface area contributed by atoms with Crippen molar-refractivity contribution in [2.24, 2.45) is 17.6 Å². The maximum Gasteiger partial charge on any atom is 0.214 e. The second-order valence-corrected chi connectivity index (χ2v) is 8.80. The topological polar surface area (TPSA) is 63.4 Å². The van der Waals surface area contributed by atoms with Crippen molar-refractivity contribution >= 4 is 10.0 Å². The number of nitrogens with two attached hydrogens (primary N) is 1. The maximum atomic E-state index is 12.9. The summed E-state index contributed by atoms with van der Waals surface area (Å²) in [6.45, 7) is 3.18. The van der Waals surface area contributed by atoms with Crippen LogP contribution in [0.15, 0.2) is 0 Å². The Morgan fingerprint density at radius 2 is 1.62 bits per heavy atom. The molecule has 0 radical (unpaired) electrons. The maximum absolute atomic E-state index is 12.9. The highest BCUT2D eigenvalue weighted by Crippen LogP contribution is 2.31. The van der Waals surface area contributed by atoms with Crippen LogP contribution in [0.4, 0.5) is 0 Å². The molecule has 2 fully saturated rings. The average Bonchev–Trinajstić information content (AvgIpc) is 2.48. The molecule has 2 saturated carbocycles. The van der Waals surface area contributed by atoms with Crippen LogP contribution in [0.5, 0.6) is 0 Å². The number of hydrogen-bond acceptors (Lipinski definition) is 3. The lowest BCUT2D eigenvalue weighted by Crippen LogP contribution is -2.49. The third-order valence-corrected chi connectivity index (χ3v) is 7.52. The molecule has 2 aliphatic rings. The molecule has 0 saturated heterocycles. The molecule has 0 heterocycles. The fourth-order valence-electron chi connectivity index (χ4n) is 4.23. The normalized spacial score (nSPS) is 28.9. The van der Waals surface area contributed by atoms with Crippen LogP contribution in [0.25, 0.3) is 0 Å². The van der Waals surface area contributed by atoms with Gasteiger partial charge in [-0.15, -0.1) is 0 Å². The average molecular weight is 317 g/mol. The zero-order valence-corrected chi connectivity index (χ0v) is 14.3. The molecule has 0 aliphatic heterocycles. The third-order valence-electron chi connectivity index (χ3n) is 5.38. The molecule has 0 amide bonds. The van der Waals surface area contributed by atoms with Gasteiger partial charge in [0, 0.05) is 12.6 Å². The summed E-state index contributed by atoms with van der Waals surface area (Å²) in [5.41, 5.74) is 5.89. The highest BCUT2D eigenvalue weighted by molar-refractivity contribution is 7.89. The fraction of sp³-hybridized carbons (Fsp3) is 1.00. The monoisotopic (exact) mass is 316 g/mol. The molecule has 2 N–H and O–H groups in total. The zero-order chi connectivity index (χ0) is 15.3. The molecule has 0 bridgehead atoms. The molecule has 2 unspecified atom stereocenters. The van der Waals surface area contributed by atoms with Gasteiger partial charge < -0.3 is 5.73 Å². The van der Waals surface area contributed by atoms with Crippen molar-refractivity contribution in [2.45, 2.75) is 70.8 Å². The van der Waals surface area contributed by atoms with Gasteiger partial charge in [-0.1, -0.05) is 39.0 Å². The minimum Gasteiger partial charge on any atom is -0.330 e. The molecule has 0 aromatic carbocycles. The van der Waals surface area contributed by atoms with Gasteiger partial charge in [-0.3, -0.25) is 0 Å². The van der Waals surface area contributed by atoms with Crippen LogP contribution in [0.2, 0.25) is 0 Å². The molecule has 2 aliphatic carbocycles. The summed E-state index contributed by atoms with van der Waals surface area (Å²) < 4.78 is 27.5. The molecule has 2 rings (SSSR count). The summed E-state index contributed by atoms with van der Waals surface area (Å²) in [6.07, 6.45) is 10.2. The first-order valence-corrected chi connectivity index (χ1v) is 10.4. The molecule has 124 valence electrons. The molecule has 0 aromatic rings. The van der Waals surface area contributed by atoms with Crippen molar-refractivity contribution in [2.75, 3.05) is 18.8 Å². The van der Waals surface area contributed by atoms with E-state index in [1.54, 1.807) is 4.31 Å². The third kappa shape index (κ3) is 4.42. The van der Waals surface area contributed by atoms with Crippen LogP contribution in [0, 0.1) is 11.8 Å². The minimum atomic E-state index is -3.14. The first-order valence-electron chi connectivity index (χ1n) is 8.78. The second kappa shape index (κ2) is 7.93. The molecule has 2 atom stereocenters. The highest BCUT2D eigenvalue weighted by Gasteiger charge is 2.36. The van der Waals surface area contributed by atoms with E-state index in [0.29, 0.717) is 30.7 Å². The van der Waals surface area contributed by atoms with Gasteiger partial charge in [0.2, 0.25) is 10.0 Å². The first kappa shape index (κ1) is 17.2. The summed E-state index contributed by atoms with van der Waals surface area (Å²) in [4.78, 5) is 0. The molecular weight excluding hydrogens is 284 g/mol. The molecule has 0 aromatic heterocycles. The Balaban J connectivity index is 2.06. The standard InChI is InChI=1S/C16H32N2O2S/c1-2-18(16-11-7-6-10-15(16)12-17)21(19,20)13-14-8-4-3-5-9-14/h14-16H,2-13,17H2,1H3. The molecule has 4 nitrogen and oxygen atoms in total. The highest BCUT2D eigenvalue weighted by atomic mass is 32.2. The van der Waals surface area contributed by atoms with Gasteiger partial charge in [0.1, 0.15) is 0 Å². The van der Waals surface area contributed by atoms with Crippen molar-refractivity contribution in [1.29, 1.82) is 0 Å². The second-order valence-electron chi connectivity index (χ2n) is 6.83. The molecule has 5 heteroatoms. The van der Waals surface area contributed by atoms with Gasteiger partial charge in [-0.25, -0.2) is 8.42 Å². The van der Waals surface area contributed by atoms with Crippen molar-refractivity contribution in [3.05, 3.63) is 0 Å². The summed E-state index contributed by atoms with van der Waals surface area (Å²) in [6, 6.07) is 0.141. The quantitative estimate of drug-likeness (QED) is 0.819. The lowest BCUT2D eigenvalue weighted by Gasteiger charge is -2.39. The van der Waals surface area contributed by atoms with Crippen LogP contribution in [-0.2, 0) is 10.0 Å². The van der Waals surface area contributed by atoms with Gasteiger partial charge >= 0.3 is 0 Å². The van der Waals surface area contributed by atoms with Crippen LogP contribution in [0.1, 0.15) is 64.7 Å². The number of hydrogen-bond donors (Lipinski definition) is 1. The van der Waals surface area contributed by atoms with E-state index in [1.807, 2.05) is 6.92 Å². The Morgan fingerprint density at radius 3 is 2.24 bits per heavy atom. The van der Waals surface area contributed by atoms with E-state index >= 15 is 0 Å². The van der Waals surface area contributed by atoms with E-state index in [4.69, 9.17) is 5.73 Å². The van der Waals surface area contributed by atoms with Crippen molar-refractivity contribution in [3.63, 3.8) is 0 Å². The van der Waals surface area contributed by atoms with E-state index in [0.717, 1.165) is 32.1 Å². The summed E-state index contributed by atoms with van der Waals surface area (Å²) >= 11 is 0. The van der Waals surface area contributed by atoms with Gasteiger partial charge in [0.15, 0.2) is 0 Å². The van der Waals surface area contributed by atoms with Crippen molar-refractivity contribution in [3.8, 4) is 0 Å². The number of rotatable bonds is 6. The van der Waals surface area contributed by atoms with Gasteiger partial charge in [0.25, 0.3) is 0 Å². The minimum absolute atomic E-state index is 0.141. The van der Waals surface area contributed by atoms with Gasteiger partial charge in [-0.05, 0) is 44.1 Å². The van der Waals surface area contributed by atoms with E-state index in [9.17, 15) is 8.42 Å². The lowest BCUT2D eigenvalue weighted by atomic mass is 9.84. The molecule has 21 heavy (non-hydrogen) atoms. The smallest absolute Gasteiger partial charge is 0.214 e. The summed E-state index contributed by atoms with van der Waals surface area (Å²) in [5.74, 6) is 1.08. The van der Waals surface area contributed by atoms with E-state index in [-0.39, 0.29) is 6.04 Å². The lowest BCUT2D eigenvalue weighted by molar-refractivity contribution is 0.186. The Morgan fingerprint density at radius 1 is 1.00 bits per heavy atom. The first-order chi connectivity index (χ1) is 10.1. The predicted octanol–water partition coefficient (Wildman–Crippen LogP) is 2.74.